The van der Waals surface area contributed by atoms with Crippen LogP contribution in [-0.4, -0.2) is 18.1 Å². The van der Waals surface area contributed by atoms with Crippen molar-refractivity contribution in [2.75, 3.05) is 0 Å². The van der Waals surface area contributed by atoms with Crippen LogP contribution >= 0.6 is 0 Å². The first-order valence-corrected chi connectivity index (χ1v) is 6.29. The quantitative estimate of drug-likeness (QED) is 0.681. The van der Waals surface area contributed by atoms with E-state index in [2.05, 4.69) is 19.2 Å². The lowest BCUT2D eigenvalue weighted by Gasteiger charge is -2.27. The third kappa shape index (κ3) is 3.58. The molecule has 0 heterocycles. The van der Waals surface area contributed by atoms with Crippen LogP contribution in [0.15, 0.2) is 0 Å². The van der Waals surface area contributed by atoms with Crippen molar-refractivity contribution in [1.82, 2.24) is 5.32 Å². The number of hydrogen-bond acceptors (Lipinski definition) is 2. The van der Waals surface area contributed by atoms with E-state index < -0.39 is 0 Å². The summed E-state index contributed by atoms with van der Waals surface area (Å²) in [6, 6.07) is 1.63. The Kier molecular flexibility index (Phi) is 5.49. The second-order valence-corrected chi connectivity index (χ2v) is 4.59. The molecule has 0 aromatic rings. The molecule has 3 N–H and O–H groups in total. The predicted molar refractivity (Wildman–Crippen MR) is 62.4 cm³/mol. The van der Waals surface area contributed by atoms with Gasteiger partial charge in [0.1, 0.15) is 0 Å². The van der Waals surface area contributed by atoms with E-state index in [9.17, 15) is 0 Å². The minimum absolute atomic E-state index is 0.387. The molecule has 1 rings (SSSR count). The molecule has 2 heteroatoms. The average Bonchev–Trinajstić information content (AvgIpc) is 2.40. The maximum Gasteiger partial charge on any atom is 0.0221 e. The topological polar surface area (TPSA) is 38.0 Å². The molecule has 1 aliphatic rings. The molecular weight excluding hydrogens is 172 g/mol. The summed E-state index contributed by atoms with van der Waals surface area (Å²) in [5, 5.41) is 3.72. The average molecular weight is 198 g/mol. The van der Waals surface area contributed by atoms with Gasteiger partial charge in [-0.2, -0.15) is 0 Å². The molecule has 2 unspecified atom stereocenters. The van der Waals surface area contributed by atoms with Crippen LogP contribution < -0.4 is 11.1 Å². The van der Waals surface area contributed by atoms with Crippen molar-refractivity contribution in [2.45, 2.75) is 76.9 Å². The lowest BCUT2D eigenvalue weighted by atomic mass is 10.0. The Bertz CT molecular complexity index is 143. The lowest BCUT2D eigenvalue weighted by molar-refractivity contribution is 0.347. The van der Waals surface area contributed by atoms with E-state index in [1.165, 1.54) is 44.9 Å². The Labute approximate surface area is 88.6 Å². The van der Waals surface area contributed by atoms with E-state index in [1.807, 2.05) is 0 Å². The summed E-state index contributed by atoms with van der Waals surface area (Å²) in [4.78, 5) is 0. The summed E-state index contributed by atoms with van der Waals surface area (Å²) in [5.74, 6) is 0. The maximum atomic E-state index is 6.17. The fourth-order valence-electron chi connectivity index (χ4n) is 2.37. The van der Waals surface area contributed by atoms with Gasteiger partial charge in [0.2, 0.25) is 0 Å². The largest absolute Gasteiger partial charge is 0.326 e. The number of nitrogens with one attached hydrogen (secondary N) is 1. The highest BCUT2D eigenvalue weighted by Crippen LogP contribution is 2.17. The fourth-order valence-corrected chi connectivity index (χ4v) is 2.37. The number of nitrogens with two attached hydrogens (primary N) is 1. The third-order valence-electron chi connectivity index (χ3n) is 3.50. The van der Waals surface area contributed by atoms with Crippen molar-refractivity contribution in [3.63, 3.8) is 0 Å². The van der Waals surface area contributed by atoms with Crippen LogP contribution in [0.25, 0.3) is 0 Å². The van der Waals surface area contributed by atoms with Crippen LogP contribution in [0.5, 0.6) is 0 Å². The van der Waals surface area contributed by atoms with Gasteiger partial charge in [-0.3, -0.25) is 0 Å². The van der Waals surface area contributed by atoms with Crippen LogP contribution in [0.3, 0.4) is 0 Å². The van der Waals surface area contributed by atoms with Gasteiger partial charge in [-0.05, 0) is 25.7 Å². The van der Waals surface area contributed by atoms with Gasteiger partial charge in [-0.15, -0.1) is 0 Å². The van der Waals surface area contributed by atoms with Gasteiger partial charge in [0.15, 0.2) is 0 Å². The molecule has 0 aliphatic heterocycles. The third-order valence-corrected chi connectivity index (χ3v) is 3.50. The smallest absolute Gasteiger partial charge is 0.0221 e. The Balaban J connectivity index is 2.39. The first-order valence-electron chi connectivity index (χ1n) is 6.29. The molecule has 2 nitrogen and oxygen atoms in total. The minimum atomic E-state index is 0.387. The molecule has 0 spiro atoms. The zero-order valence-corrected chi connectivity index (χ0v) is 9.76. The zero-order chi connectivity index (χ0) is 10.4. The van der Waals surface area contributed by atoms with Gasteiger partial charge >= 0.3 is 0 Å². The molecule has 0 radical (unpaired) electrons. The summed E-state index contributed by atoms with van der Waals surface area (Å²) in [6.07, 6.45) is 8.97. The molecule has 0 bridgehead atoms. The van der Waals surface area contributed by atoms with Crippen LogP contribution in [0, 0.1) is 0 Å². The normalized spacial score (nSPS) is 29.1. The maximum absolute atomic E-state index is 6.17. The van der Waals surface area contributed by atoms with Gasteiger partial charge in [-0.25, -0.2) is 0 Å². The first-order chi connectivity index (χ1) is 6.77. The Morgan fingerprint density at radius 3 is 2.43 bits per heavy atom. The zero-order valence-electron chi connectivity index (χ0n) is 9.76. The van der Waals surface area contributed by atoms with E-state index in [0.717, 1.165) is 0 Å². The van der Waals surface area contributed by atoms with Gasteiger partial charge < -0.3 is 11.1 Å². The molecule has 0 saturated heterocycles. The van der Waals surface area contributed by atoms with Crippen molar-refractivity contribution in [2.24, 2.45) is 5.73 Å². The Hall–Kier alpha value is -0.0800. The monoisotopic (exact) mass is 198 g/mol. The molecule has 2 atom stereocenters. The van der Waals surface area contributed by atoms with Crippen LogP contribution in [0.1, 0.15) is 58.8 Å². The summed E-state index contributed by atoms with van der Waals surface area (Å²) < 4.78 is 0. The SMILES string of the molecule is CCC(CC)NC1CCCCCC1N. The van der Waals surface area contributed by atoms with Crippen molar-refractivity contribution in [3.05, 3.63) is 0 Å². The molecule has 84 valence electrons. The summed E-state index contributed by atoms with van der Waals surface area (Å²) >= 11 is 0. The first kappa shape index (κ1) is 12.0. The van der Waals surface area contributed by atoms with E-state index in [4.69, 9.17) is 5.73 Å². The molecule has 0 amide bonds. The van der Waals surface area contributed by atoms with Gasteiger partial charge in [-0.1, -0.05) is 33.1 Å². The Morgan fingerprint density at radius 2 is 1.79 bits per heavy atom. The van der Waals surface area contributed by atoms with Crippen LogP contribution in [-0.2, 0) is 0 Å². The lowest BCUT2D eigenvalue weighted by Crippen LogP contribution is -2.48. The van der Waals surface area contributed by atoms with E-state index in [0.29, 0.717) is 18.1 Å². The molecule has 0 aromatic heterocycles. The van der Waals surface area contributed by atoms with Crippen LogP contribution in [0.4, 0.5) is 0 Å². The summed E-state index contributed by atoms with van der Waals surface area (Å²) in [6.45, 7) is 4.51. The van der Waals surface area contributed by atoms with Gasteiger partial charge in [0.05, 0.1) is 0 Å². The highest BCUT2D eigenvalue weighted by molar-refractivity contribution is 4.84. The molecule has 1 saturated carbocycles. The predicted octanol–water partition coefficient (Wildman–Crippen LogP) is 2.42. The van der Waals surface area contributed by atoms with Gasteiger partial charge in [0, 0.05) is 18.1 Å². The van der Waals surface area contributed by atoms with Crippen LogP contribution in [0.2, 0.25) is 0 Å². The standard InChI is InChI=1S/C12H26N2/c1-3-10(4-2)14-12-9-7-5-6-8-11(12)13/h10-12,14H,3-9,13H2,1-2H3. The van der Waals surface area contributed by atoms with Crippen molar-refractivity contribution < 1.29 is 0 Å². The Morgan fingerprint density at radius 1 is 1.14 bits per heavy atom. The summed E-state index contributed by atoms with van der Waals surface area (Å²) in [5.41, 5.74) is 6.17. The molecular formula is C12H26N2. The van der Waals surface area contributed by atoms with E-state index >= 15 is 0 Å². The highest BCUT2D eigenvalue weighted by Gasteiger charge is 2.21. The molecule has 14 heavy (non-hydrogen) atoms. The van der Waals surface area contributed by atoms with E-state index in [1.54, 1.807) is 0 Å². The highest BCUT2D eigenvalue weighted by atomic mass is 15.0. The van der Waals surface area contributed by atoms with E-state index in [-0.39, 0.29) is 0 Å². The second-order valence-electron chi connectivity index (χ2n) is 4.59. The van der Waals surface area contributed by atoms with Crippen molar-refractivity contribution in [1.29, 1.82) is 0 Å². The number of rotatable bonds is 4. The number of hydrogen-bond donors (Lipinski definition) is 2. The van der Waals surface area contributed by atoms with Gasteiger partial charge in [0.25, 0.3) is 0 Å². The molecule has 0 aromatic carbocycles. The molecule has 1 aliphatic carbocycles. The molecule has 1 fully saturated rings. The second kappa shape index (κ2) is 6.41. The van der Waals surface area contributed by atoms with Crippen molar-refractivity contribution >= 4 is 0 Å². The summed E-state index contributed by atoms with van der Waals surface area (Å²) in [7, 11) is 0. The fraction of sp³-hybridized carbons (Fsp3) is 1.00. The minimum Gasteiger partial charge on any atom is -0.326 e. The van der Waals surface area contributed by atoms with Crippen molar-refractivity contribution in [3.8, 4) is 0 Å².